The fourth-order valence-electron chi connectivity index (χ4n) is 2.02. The highest BCUT2D eigenvalue weighted by molar-refractivity contribution is 5.58. The second-order valence-corrected chi connectivity index (χ2v) is 4.80. The highest BCUT2D eigenvalue weighted by Crippen LogP contribution is 2.25. The SMILES string of the molecule is C=CCOc1ccc(CNc2cc(C)ccc2OC)cc1. The molecule has 0 amide bonds. The fourth-order valence-corrected chi connectivity index (χ4v) is 2.02. The second kappa shape index (κ2) is 7.39. The molecule has 2 rings (SSSR count). The van der Waals surface area contributed by atoms with Gasteiger partial charge in [-0.25, -0.2) is 0 Å². The Hall–Kier alpha value is -2.42. The van der Waals surface area contributed by atoms with Crippen LogP contribution in [0.1, 0.15) is 11.1 Å². The van der Waals surface area contributed by atoms with Crippen LogP contribution in [0.2, 0.25) is 0 Å². The largest absolute Gasteiger partial charge is 0.495 e. The summed E-state index contributed by atoms with van der Waals surface area (Å²) < 4.78 is 10.8. The molecular formula is C18H21NO2. The summed E-state index contributed by atoms with van der Waals surface area (Å²) in [4.78, 5) is 0. The number of anilines is 1. The Kier molecular flexibility index (Phi) is 5.27. The third-order valence-corrected chi connectivity index (χ3v) is 3.13. The average Bonchev–Trinajstić information content (AvgIpc) is 2.52. The lowest BCUT2D eigenvalue weighted by Gasteiger charge is -2.12. The third-order valence-electron chi connectivity index (χ3n) is 3.13. The molecule has 0 bridgehead atoms. The van der Waals surface area contributed by atoms with Gasteiger partial charge in [0.15, 0.2) is 0 Å². The first-order valence-electron chi connectivity index (χ1n) is 6.94. The van der Waals surface area contributed by atoms with Crippen LogP contribution in [0.3, 0.4) is 0 Å². The summed E-state index contributed by atoms with van der Waals surface area (Å²) in [6, 6.07) is 14.1. The minimum atomic E-state index is 0.526. The summed E-state index contributed by atoms with van der Waals surface area (Å²) in [6.45, 7) is 6.96. The fraction of sp³-hybridized carbons (Fsp3) is 0.222. The highest BCUT2D eigenvalue weighted by Gasteiger charge is 2.03. The molecule has 0 spiro atoms. The summed E-state index contributed by atoms with van der Waals surface area (Å²) in [5, 5.41) is 3.40. The highest BCUT2D eigenvalue weighted by atomic mass is 16.5. The number of aryl methyl sites for hydroxylation is 1. The van der Waals surface area contributed by atoms with Gasteiger partial charge >= 0.3 is 0 Å². The van der Waals surface area contributed by atoms with Gasteiger partial charge in [0.1, 0.15) is 18.1 Å². The molecule has 0 unspecified atom stereocenters. The van der Waals surface area contributed by atoms with Crippen LogP contribution in [0, 0.1) is 6.92 Å². The molecule has 0 aliphatic heterocycles. The van der Waals surface area contributed by atoms with E-state index in [1.165, 1.54) is 11.1 Å². The zero-order valence-electron chi connectivity index (χ0n) is 12.6. The monoisotopic (exact) mass is 283 g/mol. The molecule has 3 nitrogen and oxygen atoms in total. The molecule has 0 atom stereocenters. The minimum absolute atomic E-state index is 0.526. The summed E-state index contributed by atoms with van der Waals surface area (Å²) in [7, 11) is 1.68. The summed E-state index contributed by atoms with van der Waals surface area (Å²) in [5.74, 6) is 1.71. The molecule has 3 heteroatoms. The Morgan fingerprint density at radius 3 is 2.57 bits per heavy atom. The Morgan fingerprint density at radius 2 is 1.90 bits per heavy atom. The van der Waals surface area contributed by atoms with Gasteiger partial charge < -0.3 is 14.8 Å². The van der Waals surface area contributed by atoms with Crippen LogP contribution in [-0.4, -0.2) is 13.7 Å². The molecule has 0 saturated heterocycles. The molecule has 0 fully saturated rings. The summed E-state index contributed by atoms with van der Waals surface area (Å²) in [6.07, 6.45) is 1.74. The van der Waals surface area contributed by atoms with Crippen LogP contribution in [0.5, 0.6) is 11.5 Å². The van der Waals surface area contributed by atoms with Crippen molar-refractivity contribution in [3.8, 4) is 11.5 Å². The molecular weight excluding hydrogens is 262 g/mol. The van der Waals surface area contributed by atoms with E-state index in [0.717, 1.165) is 23.7 Å². The normalized spacial score (nSPS) is 10.0. The van der Waals surface area contributed by atoms with Crippen molar-refractivity contribution in [2.45, 2.75) is 13.5 Å². The van der Waals surface area contributed by atoms with Crippen molar-refractivity contribution in [3.63, 3.8) is 0 Å². The van der Waals surface area contributed by atoms with E-state index in [9.17, 15) is 0 Å². The van der Waals surface area contributed by atoms with Crippen molar-refractivity contribution in [3.05, 3.63) is 66.2 Å². The molecule has 2 aromatic rings. The van der Waals surface area contributed by atoms with E-state index >= 15 is 0 Å². The van der Waals surface area contributed by atoms with Crippen LogP contribution in [0.15, 0.2) is 55.1 Å². The quantitative estimate of drug-likeness (QED) is 0.773. The standard InChI is InChI=1S/C18H21NO2/c1-4-11-21-16-8-6-15(7-9-16)13-19-17-12-14(2)5-10-18(17)20-3/h4-10,12,19H,1,11,13H2,2-3H3. The van der Waals surface area contributed by atoms with E-state index in [1.54, 1.807) is 13.2 Å². The van der Waals surface area contributed by atoms with Crippen LogP contribution in [0.25, 0.3) is 0 Å². The molecule has 2 aromatic carbocycles. The Morgan fingerprint density at radius 1 is 1.14 bits per heavy atom. The molecule has 0 heterocycles. The van der Waals surface area contributed by atoms with E-state index in [1.807, 2.05) is 36.4 Å². The van der Waals surface area contributed by atoms with Crippen molar-refractivity contribution in [1.82, 2.24) is 0 Å². The van der Waals surface area contributed by atoms with Gasteiger partial charge in [0.2, 0.25) is 0 Å². The first kappa shape index (κ1) is 15.0. The van der Waals surface area contributed by atoms with E-state index < -0.39 is 0 Å². The molecule has 0 radical (unpaired) electrons. The van der Waals surface area contributed by atoms with Crippen LogP contribution >= 0.6 is 0 Å². The summed E-state index contributed by atoms with van der Waals surface area (Å²) >= 11 is 0. The maximum absolute atomic E-state index is 5.47. The Balaban J connectivity index is 1.99. The van der Waals surface area contributed by atoms with Crippen molar-refractivity contribution in [2.24, 2.45) is 0 Å². The second-order valence-electron chi connectivity index (χ2n) is 4.80. The molecule has 110 valence electrons. The number of ether oxygens (including phenoxy) is 2. The van der Waals surface area contributed by atoms with Gasteiger partial charge in [0.05, 0.1) is 12.8 Å². The van der Waals surface area contributed by atoms with E-state index in [-0.39, 0.29) is 0 Å². The topological polar surface area (TPSA) is 30.5 Å². The lowest BCUT2D eigenvalue weighted by atomic mass is 10.2. The Bertz CT molecular complexity index is 591. The number of hydrogen-bond donors (Lipinski definition) is 1. The molecule has 1 N–H and O–H groups in total. The number of rotatable bonds is 7. The van der Waals surface area contributed by atoms with Crippen LogP contribution in [0.4, 0.5) is 5.69 Å². The van der Waals surface area contributed by atoms with E-state index in [4.69, 9.17) is 9.47 Å². The maximum atomic E-state index is 5.47. The number of hydrogen-bond acceptors (Lipinski definition) is 3. The predicted octanol–water partition coefficient (Wildman–Crippen LogP) is 4.18. The predicted molar refractivity (Wildman–Crippen MR) is 87.2 cm³/mol. The zero-order valence-corrected chi connectivity index (χ0v) is 12.6. The molecule has 0 aliphatic carbocycles. The minimum Gasteiger partial charge on any atom is -0.495 e. The molecule has 21 heavy (non-hydrogen) atoms. The zero-order chi connectivity index (χ0) is 15.1. The number of methoxy groups -OCH3 is 1. The lowest BCUT2D eigenvalue weighted by Crippen LogP contribution is -2.02. The van der Waals surface area contributed by atoms with Gasteiger partial charge in [-0.3, -0.25) is 0 Å². The van der Waals surface area contributed by atoms with Gasteiger partial charge in [0.25, 0.3) is 0 Å². The van der Waals surface area contributed by atoms with Gasteiger partial charge in [-0.05, 0) is 42.3 Å². The van der Waals surface area contributed by atoms with Crippen molar-refractivity contribution in [1.29, 1.82) is 0 Å². The molecule has 0 saturated carbocycles. The third kappa shape index (κ3) is 4.28. The average molecular weight is 283 g/mol. The first-order chi connectivity index (χ1) is 10.2. The van der Waals surface area contributed by atoms with Crippen molar-refractivity contribution in [2.75, 3.05) is 19.0 Å². The molecule has 0 aromatic heterocycles. The lowest BCUT2D eigenvalue weighted by molar-refractivity contribution is 0.363. The Labute approximate surface area is 126 Å². The van der Waals surface area contributed by atoms with Crippen LogP contribution < -0.4 is 14.8 Å². The van der Waals surface area contributed by atoms with E-state index in [0.29, 0.717) is 6.61 Å². The van der Waals surface area contributed by atoms with Gasteiger partial charge in [0, 0.05) is 6.54 Å². The van der Waals surface area contributed by atoms with E-state index in [2.05, 4.69) is 24.9 Å². The maximum Gasteiger partial charge on any atom is 0.141 e. The van der Waals surface area contributed by atoms with Crippen molar-refractivity contribution >= 4 is 5.69 Å². The van der Waals surface area contributed by atoms with Crippen LogP contribution in [-0.2, 0) is 6.54 Å². The molecule has 0 aliphatic rings. The summed E-state index contributed by atoms with van der Waals surface area (Å²) in [5.41, 5.74) is 3.39. The van der Waals surface area contributed by atoms with Gasteiger partial charge in [-0.1, -0.05) is 30.9 Å². The van der Waals surface area contributed by atoms with Gasteiger partial charge in [-0.2, -0.15) is 0 Å². The number of nitrogens with one attached hydrogen (secondary N) is 1. The first-order valence-corrected chi connectivity index (χ1v) is 6.94. The van der Waals surface area contributed by atoms with Crippen molar-refractivity contribution < 1.29 is 9.47 Å². The van der Waals surface area contributed by atoms with Gasteiger partial charge in [-0.15, -0.1) is 0 Å². The number of benzene rings is 2. The smallest absolute Gasteiger partial charge is 0.141 e.